The highest BCUT2D eigenvalue weighted by atomic mass is 35.5. The number of nitrogens with one attached hydrogen (secondary N) is 1. The number of pyridine rings is 1. The summed E-state index contributed by atoms with van der Waals surface area (Å²) in [7, 11) is 0. The van der Waals surface area contributed by atoms with Gasteiger partial charge in [0.25, 0.3) is 0 Å². The van der Waals surface area contributed by atoms with E-state index in [1.54, 1.807) is 6.08 Å². The first-order valence-corrected chi connectivity index (χ1v) is 4.41. The van der Waals surface area contributed by atoms with Crippen LogP contribution in [0.5, 0.6) is 0 Å². The molecule has 0 spiro atoms. The summed E-state index contributed by atoms with van der Waals surface area (Å²) < 4.78 is 0. The summed E-state index contributed by atoms with van der Waals surface area (Å²) in [6, 6.07) is 3.79. The molecule has 66 valence electrons. The molecular formula is C9H8ClN3. The molecule has 0 unspecified atom stereocenters. The van der Waals surface area contributed by atoms with E-state index in [1.165, 1.54) is 0 Å². The average Bonchev–Trinajstić information content (AvgIpc) is 2.58. The van der Waals surface area contributed by atoms with Crippen molar-refractivity contribution >= 4 is 28.8 Å². The lowest BCUT2D eigenvalue weighted by atomic mass is 10.3. The SMILES string of the molecule is C=Cc1nc2nc(CCl)ccc2[nH]1. The molecule has 0 bridgehead atoms. The predicted molar refractivity (Wildman–Crippen MR) is 53.5 cm³/mol. The van der Waals surface area contributed by atoms with Crippen LogP contribution in [0.2, 0.25) is 0 Å². The van der Waals surface area contributed by atoms with Crippen LogP contribution in [0.3, 0.4) is 0 Å². The molecule has 4 heteroatoms. The Labute approximate surface area is 80.5 Å². The molecule has 0 aliphatic heterocycles. The molecule has 0 fully saturated rings. The number of fused-ring (bicyclic) bond motifs is 1. The van der Waals surface area contributed by atoms with E-state index in [2.05, 4.69) is 21.5 Å². The Morgan fingerprint density at radius 3 is 3.00 bits per heavy atom. The number of hydrogen-bond donors (Lipinski definition) is 1. The Kier molecular flexibility index (Phi) is 2.02. The van der Waals surface area contributed by atoms with Crippen molar-refractivity contribution in [1.82, 2.24) is 15.0 Å². The zero-order chi connectivity index (χ0) is 9.26. The Morgan fingerprint density at radius 2 is 2.31 bits per heavy atom. The number of alkyl halides is 1. The van der Waals surface area contributed by atoms with E-state index >= 15 is 0 Å². The molecule has 0 aliphatic rings. The van der Waals surface area contributed by atoms with Gasteiger partial charge in [-0.2, -0.15) is 0 Å². The van der Waals surface area contributed by atoms with Crippen molar-refractivity contribution in [3.8, 4) is 0 Å². The van der Waals surface area contributed by atoms with Crippen LogP contribution in [0, 0.1) is 0 Å². The van der Waals surface area contributed by atoms with Gasteiger partial charge in [0, 0.05) is 0 Å². The summed E-state index contributed by atoms with van der Waals surface area (Å²) in [5, 5.41) is 0. The number of aromatic nitrogens is 3. The highest BCUT2D eigenvalue weighted by molar-refractivity contribution is 6.16. The van der Waals surface area contributed by atoms with E-state index in [0.717, 1.165) is 17.0 Å². The second-order valence-electron chi connectivity index (χ2n) is 2.63. The molecule has 0 aliphatic carbocycles. The maximum Gasteiger partial charge on any atom is 0.178 e. The third-order valence-corrected chi connectivity index (χ3v) is 2.03. The fraction of sp³-hybridized carbons (Fsp3) is 0.111. The quantitative estimate of drug-likeness (QED) is 0.744. The zero-order valence-electron chi connectivity index (χ0n) is 6.92. The normalized spacial score (nSPS) is 10.5. The van der Waals surface area contributed by atoms with Crippen LogP contribution < -0.4 is 0 Å². The number of H-pyrrole nitrogens is 1. The van der Waals surface area contributed by atoms with Gasteiger partial charge >= 0.3 is 0 Å². The topological polar surface area (TPSA) is 41.6 Å². The molecule has 1 N–H and O–H groups in total. The highest BCUT2D eigenvalue weighted by Crippen LogP contribution is 2.11. The molecule has 2 heterocycles. The first-order valence-electron chi connectivity index (χ1n) is 3.87. The molecule has 0 saturated heterocycles. The Bertz CT molecular complexity index is 447. The first kappa shape index (κ1) is 8.26. The maximum atomic E-state index is 5.65. The minimum atomic E-state index is 0.409. The van der Waals surface area contributed by atoms with Gasteiger partial charge in [-0.3, -0.25) is 0 Å². The van der Waals surface area contributed by atoms with Gasteiger partial charge in [0.1, 0.15) is 5.82 Å². The van der Waals surface area contributed by atoms with Gasteiger partial charge in [0.15, 0.2) is 5.65 Å². The molecule has 0 amide bonds. The molecule has 3 nitrogen and oxygen atoms in total. The number of nitrogens with zero attached hydrogens (tertiary/aromatic N) is 2. The minimum Gasteiger partial charge on any atom is -0.337 e. The second kappa shape index (κ2) is 3.18. The summed E-state index contributed by atoms with van der Waals surface area (Å²) in [5.74, 6) is 1.14. The van der Waals surface area contributed by atoms with Crippen molar-refractivity contribution < 1.29 is 0 Å². The summed E-state index contributed by atoms with van der Waals surface area (Å²) in [4.78, 5) is 11.5. The number of rotatable bonds is 2. The smallest absolute Gasteiger partial charge is 0.178 e. The molecule has 0 saturated carbocycles. The Balaban J connectivity index is 2.63. The van der Waals surface area contributed by atoms with Gasteiger partial charge in [0.2, 0.25) is 0 Å². The largest absolute Gasteiger partial charge is 0.337 e. The van der Waals surface area contributed by atoms with Crippen LogP contribution in [0.25, 0.3) is 17.2 Å². The molecule has 0 aromatic carbocycles. The van der Waals surface area contributed by atoms with Crippen molar-refractivity contribution in [1.29, 1.82) is 0 Å². The highest BCUT2D eigenvalue weighted by Gasteiger charge is 2.01. The summed E-state index contributed by atoms with van der Waals surface area (Å²) in [6.07, 6.45) is 1.65. The third-order valence-electron chi connectivity index (χ3n) is 1.75. The van der Waals surface area contributed by atoms with Gasteiger partial charge in [-0.25, -0.2) is 9.97 Å². The lowest BCUT2D eigenvalue weighted by molar-refractivity contribution is 1.19. The van der Waals surface area contributed by atoms with Crippen LogP contribution in [0.4, 0.5) is 0 Å². The molecule has 2 aromatic heterocycles. The number of hydrogen-bond acceptors (Lipinski definition) is 2. The van der Waals surface area contributed by atoms with Gasteiger partial charge < -0.3 is 4.98 Å². The van der Waals surface area contributed by atoms with Gasteiger partial charge in [0.05, 0.1) is 17.1 Å². The molecular weight excluding hydrogens is 186 g/mol. The summed E-state index contributed by atoms with van der Waals surface area (Å²) in [6.45, 7) is 3.62. The van der Waals surface area contributed by atoms with Crippen LogP contribution in [-0.4, -0.2) is 15.0 Å². The van der Waals surface area contributed by atoms with Gasteiger partial charge in [-0.1, -0.05) is 6.58 Å². The van der Waals surface area contributed by atoms with E-state index in [1.807, 2.05) is 12.1 Å². The van der Waals surface area contributed by atoms with Crippen molar-refractivity contribution in [2.24, 2.45) is 0 Å². The molecule has 2 aromatic rings. The summed E-state index contributed by atoms with van der Waals surface area (Å²) in [5.41, 5.74) is 2.42. The van der Waals surface area contributed by atoms with Crippen molar-refractivity contribution in [2.75, 3.05) is 0 Å². The van der Waals surface area contributed by atoms with Crippen molar-refractivity contribution in [3.05, 3.63) is 30.2 Å². The molecule has 0 radical (unpaired) electrons. The van der Waals surface area contributed by atoms with E-state index < -0.39 is 0 Å². The van der Waals surface area contributed by atoms with E-state index in [-0.39, 0.29) is 0 Å². The van der Waals surface area contributed by atoms with E-state index in [9.17, 15) is 0 Å². The fourth-order valence-electron chi connectivity index (χ4n) is 1.12. The lowest BCUT2D eigenvalue weighted by Gasteiger charge is -1.91. The van der Waals surface area contributed by atoms with Crippen LogP contribution in [-0.2, 0) is 5.88 Å². The van der Waals surface area contributed by atoms with Gasteiger partial charge in [-0.15, -0.1) is 11.6 Å². The van der Waals surface area contributed by atoms with Crippen LogP contribution in [0.1, 0.15) is 11.5 Å². The van der Waals surface area contributed by atoms with Crippen molar-refractivity contribution in [2.45, 2.75) is 5.88 Å². The standard InChI is InChI=1S/C9H8ClN3/c1-2-8-12-7-4-3-6(5-10)11-9(7)13-8/h2-4H,1,5H2,(H,11,12,13). The first-order chi connectivity index (χ1) is 6.33. The molecule has 2 rings (SSSR count). The monoisotopic (exact) mass is 193 g/mol. The molecule has 0 atom stereocenters. The lowest BCUT2D eigenvalue weighted by Crippen LogP contribution is -1.84. The van der Waals surface area contributed by atoms with E-state index in [0.29, 0.717) is 11.5 Å². The zero-order valence-corrected chi connectivity index (χ0v) is 7.67. The number of aromatic amines is 1. The molecule has 13 heavy (non-hydrogen) atoms. The third kappa shape index (κ3) is 1.42. The van der Waals surface area contributed by atoms with E-state index in [4.69, 9.17) is 11.6 Å². The van der Waals surface area contributed by atoms with Crippen molar-refractivity contribution in [3.63, 3.8) is 0 Å². The number of halogens is 1. The van der Waals surface area contributed by atoms with Crippen LogP contribution in [0.15, 0.2) is 18.7 Å². The maximum absolute atomic E-state index is 5.65. The number of imidazole rings is 1. The fourth-order valence-corrected chi connectivity index (χ4v) is 1.27. The minimum absolute atomic E-state index is 0.409. The van der Waals surface area contributed by atoms with Crippen LogP contribution >= 0.6 is 11.6 Å². The average molecular weight is 194 g/mol. The summed E-state index contributed by atoms with van der Waals surface area (Å²) >= 11 is 5.65. The predicted octanol–water partition coefficient (Wildman–Crippen LogP) is 2.34. The Morgan fingerprint density at radius 1 is 1.46 bits per heavy atom. The van der Waals surface area contributed by atoms with Gasteiger partial charge in [-0.05, 0) is 18.2 Å². The Hall–Kier alpha value is -1.35. The second-order valence-corrected chi connectivity index (χ2v) is 2.90.